The Hall–Kier alpha value is -3.19. The number of thiophene rings is 1. The number of hydrogen-bond acceptors (Lipinski definition) is 4. The third kappa shape index (κ3) is 3.48. The molecule has 0 fully saturated rings. The lowest BCUT2D eigenvalue weighted by atomic mass is 10.1. The van der Waals surface area contributed by atoms with E-state index in [2.05, 4.69) is 10.6 Å². The molecule has 0 radical (unpaired) electrons. The second-order valence-electron chi connectivity index (χ2n) is 6.50. The van der Waals surface area contributed by atoms with E-state index in [1.807, 2.05) is 6.92 Å². The van der Waals surface area contributed by atoms with Crippen LogP contribution in [0.15, 0.2) is 48.5 Å². The molecule has 0 spiro atoms. The summed E-state index contributed by atoms with van der Waals surface area (Å²) in [6.45, 7) is 3.60. The second-order valence-corrected chi connectivity index (χ2v) is 7.76. The molecule has 1 atom stereocenters. The molecule has 2 heterocycles. The highest BCUT2D eigenvalue weighted by Crippen LogP contribution is 2.34. The summed E-state index contributed by atoms with van der Waals surface area (Å²) in [6, 6.07) is 13.1. The highest BCUT2D eigenvalue weighted by molar-refractivity contribution is 7.14. The Balaban J connectivity index is 1.55. The number of carbonyl (C=O) groups excluding carboxylic acids is 2. The van der Waals surface area contributed by atoms with Crippen LogP contribution < -0.4 is 15.4 Å². The van der Waals surface area contributed by atoms with Gasteiger partial charge in [-0.3, -0.25) is 9.59 Å². The molecule has 0 bridgehead atoms. The van der Waals surface area contributed by atoms with Crippen molar-refractivity contribution in [1.82, 2.24) is 0 Å². The topological polar surface area (TPSA) is 67.4 Å². The first-order chi connectivity index (χ1) is 13.4. The van der Waals surface area contributed by atoms with Crippen molar-refractivity contribution in [2.24, 2.45) is 0 Å². The quantitative estimate of drug-likeness (QED) is 0.666. The minimum Gasteiger partial charge on any atom is -0.479 e. The number of hydrogen-bond donors (Lipinski definition) is 2. The van der Waals surface area contributed by atoms with Crippen LogP contribution in [0.4, 0.5) is 15.8 Å². The van der Waals surface area contributed by atoms with E-state index >= 15 is 0 Å². The molecule has 28 heavy (non-hydrogen) atoms. The van der Waals surface area contributed by atoms with Gasteiger partial charge in [0.25, 0.3) is 11.8 Å². The molecule has 5 nitrogen and oxygen atoms in total. The molecule has 0 saturated carbocycles. The molecule has 3 aromatic rings. The molecule has 1 aromatic heterocycles. The summed E-state index contributed by atoms with van der Waals surface area (Å²) in [4.78, 5) is 25.9. The molecule has 2 N–H and O–H groups in total. The van der Waals surface area contributed by atoms with Gasteiger partial charge in [0, 0.05) is 10.6 Å². The third-order valence-electron chi connectivity index (χ3n) is 4.47. The minimum atomic E-state index is -0.549. The summed E-state index contributed by atoms with van der Waals surface area (Å²) < 4.78 is 18.7. The van der Waals surface area contributed by atoms with Crippen molar-refractivity contribution in [3.63, 3.8) is 0 Å². The van der Waals surface area contributed by atoms with E-state index in [1.54, 1.807) is 43.3 Å². The maximum Gasteiger partial charge on any atom is 0.265 e. The first-order valence-electron chi connectivity index (χ1n) is 8.70. The molecule has 7 heteroatoms. The van der Waals surface area contributed by atoms with Gasteiger partial charge in [0.1, 0.15) is 11.6 Å². The van der Waals surface area contributed by atoms with E-state index in [0.29, 0.717) is 22.0 Å². The van der Waals surface area contributed by atoms with Crippen molar-refractivity contribution < 1.29 is 18.7 Å². The SMILES string of the molecule is Cc1sc(C(=O)Nc2ccc3c(c2)NC(=O)C(C)O3)cc1-c1ccc(F)cc1. The number of aryl methyl sites for hydroxylation is 1. The maximum atomic E-state index is 13.1. The average Bonchev–Trinajstić information content (AvgIpc) is 3.05. The normalized spacial score (nSPS) is 15.4. The summed E-state index contributed by atoms with van der Waals surface area (Å²) in [6.07, 6.45) is -0.549. The number of carbonyl (C=O) groups is 2. The lowest BCUT2D eigenvalue weighted by Gasteiger charge is -2.23. The number of fused-ring (bicyclic) bond motifs is 1. The maximum absolute atomic E-state index is 13.1. The van der Waals surface area contributed by atoms with Crippen LogP contribution in [0.25, 0.3) is 11.1 Å². The van der Waals surface area contributed by atoms with Crippen molar-refractivity contribution >= 4 is 34.5 Å². The Morgan fingerprint density at radius 3 is 2.68 bits per heavy atom. The molecule has 1 unspecified atom stereocenters. The molecule has 2 amide bonds. The van der Waals surface area contributed by atoms with E-state index < -0.39 is 6.10 Å². The fourth-order valence-corrected chi connectivity index (χ4v) is 3.93. The van der Waals surface area contributed by atoms with Gasteiger partial charge in [0.15, 0.2) is 6.10 Å². The largest absolute Gasteiger partial charge is 0.479 e. The van der Waals surface area contributed by atoms with Crippen LogP contribution in [0.3, 0.4) is 0 Å². The zero-order valence-electron chi connectivity index (χ0n) is 15.2. The monoisotopic (exact) mass is 396 g/mol. The van der Waals surface area contributed by atoms with Crippen LogP contribution in [0.5, 0.6) is 5.75 Å². The Kier molecular flexibility index (Phi) is 4.60. The van der Waals surface area contributed by atoms with Crippen molar-refractivity contribution in [2.75, 3.05) is 10.6 Å². The molecule has 1 aliphatic rings. The number of benzene rings is 2. The lowest BCUT2D eigenvalue weighted by Crippen LogP contribution is -2.34. The Morgan fingerprint density at radius 2 is 1.93 bits per heavy atom. The number of halogens is 1. The number of amides is 2. The van der Waals surface area contributed by atoms with E-state index in [4.69, 9.17) is 4.74 Å². The van der Waals surface area contributed by atoms with Gasteiger partial charge in [-0.25, -0.2) is 4.39 Å². The summed E-state index contributed by atoms with van der Waals surface area (Å²) in [5.41, 5.74) is 2.83. The van der Waals surface area contributed by atoms with Crippen molar-refractivity contribution in [3.05, 3.63) is 64.1 Å². The van der Waals surface area contributed by atoms with Crippen molar-refractivity contribution in [2.45, 2.75) is 20.0 Å². The summed E-state index contributed by atoms with van der Waals surface area (Å²) in [5, 5.41) is 5.60. The Morgan fingerprint density at radius 1 is 1.18 bits per heavy atom. The van der Waals surface area contributed by atoms with Crippen molar-refractivity contribution in [1.29, 1.82) is 0 Å². The minimum absolute atomic E-state index is 0.228. The van der Waals surface area contributed by atoms with Gasteiger partial charge < -0.3 is 15.4 Å². The zero-order valence-corrected chi connectivity index (χ0v) is 16.0. The lowest BCUT2D eigenvalue weighted by molar-refractivity contribution is -0.122. The molecular formula is C21H17FN2O3S. The predicted octanol–water partition coefficient (Wildman–Crippen LogP) is 4.83. The van der Waals surface area contributed by atoms with Crippen LogP contribution in [-0.4, -0.2) is 17.9 Å². The van der Waals surface area contributed by atoms with Crippen LogP contribution in [-0.2, 0) is 4.79 Å². The summed E-state index contributed by atoms with van der Waals surface area (Å²) in [7, 11) is 0. The van der Waals surface area contributed by atoms with E-state index in [0.717, 1.165) is 16.0 Å². The van der Waals surface area contributed by atoms with Crippen LogP contribution in [0, 0.1) is 12.7 Å². The predicted molar refractivity (Wildman–Crippen MR) is 108 cm³/mol. The van der Waals surface area contributed by atoms with Gasteiger partial charge >= 0.3 is 0 Å². The number of rotatable bonds is 3. The summed E-state index contributed by atoms with van der Waals surface area (Å²) >= 11 is 1.37. The van der Waals surface area contributed by atoms with Gasteiger partial charge in [-0.05, 0) is 61.4 Å². The molecule has 0 saturated heterocycles. The molecule has 0 aliphatic carbocycles. The number of ether oxygens (including phenoxy) is 1. The third-order valence-corrected chi connectivity index (χ3v) is 5.51. The first kappa shape index (κ1) is 18.2. The fourth-order valence-electron chi connectivity index (χ4n) is 2.99. The number of nitrogens with one attached hydrogen (secondary N) is 2. The molecule has 4 rings (SSSR count). The van der Waals surface area contributed by atoms with Gasteiger partial charge in [0.05, 0.1) is 10.6 Å². The molecule has 1 aliphatic heterocycles. The highest BCUT2D eigenvalue weighted by Gasteiger charge is 2.24. The first-order valence-corrected chi connectivity index (χ1v) is 9.51. The van der Waals surface area contributed by atoms with Gasteiger partial charge in [-0.15, -0.1) is 11.3 Å². The van der Waals surface area contributed by atoms with Crippen LogP contribution >= 0.6 is 11.3 Å². The molecule has 2 aromatic carbocycles. The standard InChI is InChI=1S/C21H17FN2O3S/c1-11-20(25)24-17-9-15(7-8-18(17)27-11)23-21(26)19-10-16(12(2)28-19)13-3-5-14(22)6-4-13/h3-11H,1-2H3,(H,23,26)(H,24,25). The van der Waals surface area contributed by atoms with Gasteiger partial charge in [-0.1, -0.05) is 12.1 Å². The zero-order chi connectivity index (χ0) is 19.8. The van der Waals surface area contributed by atoms with Gasteiger partial charge in [-0.2, -0.15) is 0 Å². The number of anilines is 2. The van der Waals surface area contributed by atoms with Gasteiger partial charge in [0.2, 0.25) is 0 Å². The smallest absolute Gasteiger partial charge is 0.265 e. The Labute approximate surface area is 165 Å². The van der Waals surface area contributed by atoms with E-state index in [9.17, 15) is 14.0 Å². The second kappa shape index (κ2) is 7.09. The van der Waals surface area contributed by atoms with E-state index in [1.165, 1.54) is 23.5 Å². The molecule has 142 valence electrons. The molecular weight excluding hydrogens is 379 g/mol. The summed E-state index contributed by atoms with van der Waals surface area (Å²) in [5.74, 6) is -0.213. The highest BCUT2D eigenvalue weighted by atomic mass is 32.1. The van der Waals surface area contributed by atoms with E-state index in [-0.39, 0.29) is 17.6 Å². The van der Waals surface area contributed by atoms with Crippen LogP contribution in [0.1, 0.15) is 21.5 Å². The van der Waals surface area contributed by atoms with Crippen LogP contribution in [0.2, 0.25) is 0 Å². The fraction of sp³-hybridized carbons (Fsp3) is 0.143. The average molecular weight is 396 g/mol. The Bertz CT molecular complexity index is 1080. The van der Waals surface area contributed by atoms with Crippen molar-refractivity contribution in [3.8, 4) is 16.9 Å².